The van der Waals surface area contributed by atoms with Crippen LogP contribution in [0.25, 0.3) is 0 Å². The lowest BCUT2D eigenvalue weighted by molar-refractivity contribution is 0.745. The van der Waals surface area contributed by atoms with Gasteiger partial charge in [-0.05, 0) is 54.1 Å². The molecule has 2 N–H and O–H groups in total. The van der Waals surface area contributed by atoms with Crippen molar-refractivity contribution in [3.8, 4) is 0 Å². The molecular weight excluding hydrogens is 296 g/mol. The van der Waals surface area contributed by atoms with Gasteiger partial charge in [-0.3, -0.25) is 0 Å². The summed E-state index contributed by atoms with van der Waals surface area (Å²) >= 11 is 7.21. The Morgan fingerprint density at radius 2 is 2.05 bits per heavy atom. The molecule has 1 saturated carbocycles. The number of benzene rings is 1. The smallest absolute Gasteiger partial charge is 0.167 e. The van der Waals surface area contributed by atoms with Crippen LogP contribution < -0.4 is 10.6 Å². The summed E-state index contributed by atoms with van der Waals surface area (Å²) in [6.45, 7) is 2.18. The summed E-state index contributed by atoms with van der Waals surface area (Å²) in [5.41, 5.74) is 2.62. The van der Waals surface area contributed by atoms with E-state index < -0.39 is 0 Å². The van der Waals surface area contributed by atoms with Crippen molar-refractivity contribution in [3.05, 3.63) is 57.8 Å². The van der Waals surface area contributed by atoms with Gasteiger partial charge in [0.25, 0.3) is 0 Å². The van der Waals surface area contributed by atoms with Gasteiger partial charge in [0, 0.05) is 10.9 Å². The Bertz CT molecular complexity index is 586. The number of thiocarbonyl (C=S) groups is 1. The summed E-state index contributed by atoms with van der Waals surface area (Å²) in [5, 5.41) is 9.71. The second-order valence-electron chi connectivity index (χ2n) is 5.44. The maximum absolute atomic E-state index is 5.45. The quantitative estimate of drug-likeness (QED) is 0.815. The molecule has 1 aliphatic rings. The van der Waals surface area contributed by atoms with E-state index in [4.69, 9.17) is 12.2 Å². The Hall–Kier alpha value is -1.39. The van der Waals surface area contributed by atoms with E-state index in [1.165, 1.54) is 28.8 Å². The van der Waals surface area contributed by atoms with Crippen molar-refractivity contribution < 1.29 is 0 Å². The van der Waals surface area contributed by atoms with Gasteiger partial charge in [0.1, 0.15) is 0 Å². The maximum atomic E-state index is 5.45. The molecule has 2 nitrogen and oxygen atoms in total. The SMILES string of the molecule is CCc1ccc([C@@H](NC(=S)NC2CC2)c2cccs2)cc1. The molecule has 0 bridgehead atoms. The highest BCUT2D eigenvalue weighted by molar-refractivity contribution is 7.80. The van der Waals surface area contributed by atoms with Crippen molar-refractivity contribution in [1.82, 2.24) is 10.6 Å². The van der Waals surface area contributed by atoms with Crippen LogP contribution in [0.2, 0.25) is 0 Å². The van der Waals surface area contributed by atoms with Crippen molar-refractivity contribution in [2.24, 2.45) is 0 Å². The van der Waals surface area contributed by atoms with Gasteiger partial charge >= 0.3 is 0 Å². The van der Waals surface area contributed by atoms with Crippen molar-refractivity contribution >= 4 is 28.7 Å². The lowest BCUT2D eigenvalue weighted by atomic mass is 10.0. The standard InChI is InChI=1S/C17H20N2S2/c1-2-12-5-7-13(8-6-12)16(15-4-3-11-21-15)19-17(20)18-14-9-10-14/h3-8,11,14,16H,2,9-10H2,1H3,(H2,18,19,20)/t16-/m1/s1. The van der Waals surface area contributed by atoms with E-state index in [0.717, 1.165) is 11.5 Å². The molecule has 1 aromatic carbocycles. The minimum Gasteiger partial charge on any atom is -0.360 e. The van der Waals surface area contributed by atoms with E-state index in [9.17, 15) is 0 Å². The van der Waals surface area contributed by atoms with E-state index in [1.807, 2.05) is 0 Å². The zero-order valence-electron chi connectivity index (χ0n) is 12.1. The molecule has 1 aliphatic carbocycles. The van der Waals surface area contributed by atoms with Crippen LogP contribution in [0.3, 0.4) is 0 Å². The summed E-state index contributed by atoms with van der Waals surface area (Å²) in [6, 6.07) is 13.8. The molecule has 21 heavy (non-hydrogen) atoms. The Morgan fingerprint density at radius 1 is 1.29 bits per heavy atom. The van der Waals surface area contributed by atoms with Crippen molar-refractivity contribution in [1.29, 1.82) is 0 Å². The number of hydrogen-bond donors (Lipinski definition) is 2. The second-order valence-corrected chi connectivity index (χ2v) is 6.82. The third-order valence-electron chi connectivity index (χ3n) is 3.74. The van der Waals surface area contributed by atoms with E-state index in [1.54, 1.807) is 11.3 Å². The fraction of sp³-hybridized carbons (Fsp3) is 0.353. The maximum Gasteiger partial charge on any atom is 0.167 e. The molecule has 1 heterocycles. The van der Waals surface area contributed by atoms with Gasteiger partial charge in [0.15, 0.2) is 5.11 Å². The third-order valence-corrected chi connectivity index (χ3v) is 4.91. The molecule has 0 amide bonds. The average molecular weight is 316 g/mol. The first-order chi connectivity index (χ1) is 10.3. The van der Waals surface area contributed by atoms with Gasteiger partial charge in [-0.25, -0.2) is 0 Å². The number of hydrogen-bond acceptors (Lipinski definition) is 2. The van der Waals surface area contributed by atoms with Crippen LogP contribution in [0.4, 0.5) is 0 Å². The predicted molar refractivity (Wildman–Crippen MR) is 93.9 cm³/mol. The van der Waals surface area contributed by atoms with E-state index in [0.29, 0.717) is 6.04 Å². The predicted octanol–water partition coefficient (Wildman–Crippen LogP) is 4.03. The summed E-state index contributed by atoms with van der Waals surface area (Å²) < 4.78 is 0. The monoisotopic (exact) mass is 316 g/mol. The van der Waals surface area contributed by atoms with Crippen molar-refractivity contribution in [2.45, 2.75) is 38.3 Å². The minimum atomic E-state index is 0.134. The number of nitrogens with one attached hydrogen (secondary N) is 2. The average Bonchev–Trinajstić information content (AvgIpc) is 3.15. The van der Waals surface area contributed by atoms with E-state index in [2.05, 4.69) is 59.3 Å². The van der Waals surface area contributed by atoms with Gasteiger partial charge in [-0.2, -0.15) is 0 Å². The highest BCUT2D eigenvalue weighted by Crippen LogP contribution is 2.27. The molecule has 3 rings (SSSR count). The zero-order valence-corrected chi connectivity index (χ0v) is 13.8. The molecule has 2 aromatic rings. The third kappa shape index (κ3) is 3.83. The molecule has 1 atom stereocenters. The van der Waals surface area contributed by atoms with Crippen LogP contribution >= 0.6 is 23.6 Å². The number of aryl methyl sites for hydroxylation is 1. The van der Waals surface area contributed by atoms with Crippen LogP contribution in [0.15, 0.2) is 41.8 Å². The first-order valence-electron chi connectivity index (χ1n) is 7.45. The fourth-order valence-electron chi connectivity index (χ4n) is 2.31. The van der Waals surface area contributed by atoms with Crippen LogP contribution in [0.5, 0.6) is 0 Å². The van der Waals surface area contributed by atoms with Gasteiger partial charge in [0.2, 0.25) is 0 Å². The van der Waals surface area contributed by atoms with Crippen LogP contribution in [0, 0.1) is 0 Å². The zero-order chi connectivity index (χ0) is 14.7. The summed E-state index contributed by atoms with van der Waals surface area (Å²) in [4.78, 5) is 1.29. The molecular formula is C17H20N2S2. The molecule has 0 unspecified atom stereocenters. The summed E-state index contributed by atoms with van der Waals surface area (Å²) in [7, 11) is 0. The number of thiophene rings is 1. The molecule has 0 spiro atoms. The molecule has 4 heteroatoms. The lowest BCUT2D eigenvalue weighted by Gasteiger charge is -2.20. The Kier molecular flexibility index (Phi) is 4.56. The Morgan fingerprint density at radius 3 is 2.62 bits per heavy atom. The van der Waals surface area contributed by atoms with Crippen molar-refractivity contribution in [3.63, 3.8) is 0 Å². The molecule has 1 aromatic heterocycles. The summed E-state index contributed by atoms with van der Waals surface area (Å²) in [5.74, 6) is 0. The Balaban J connectivity index is 1.79. The van der Waals surface area contributed by atoms with Crippen LogP contribution in [-0.4, -0.2) is 11.2 Å². The van der Waals surface area contributed by atoms with Gasteiger partial charge < -0.3 is 10.6 Å². The van der Waals surface area contributed by atoms with Crippen molar-refractivity contribution in [2.75, 3.05) is 0 Å². The van der Waals surface area contributed by atoms with Gasteiger partial charge in [0.05, 0.1) is 6.04 Å². The number of rotatable bonds is 5. The van der Waals surface area contributed by atoms with E-state index in [-0.39, 0.29) is 6.04 Å². The topological polar surface area (TPSA) is 24.1 Å². The van der Waals surface area contributed by atoms with Crippen LogP contribution in [-0.2, 0) is 6.42 Å². The molecule has 0 saturated heterocycles. The summed E-state index contributed by atoms with van der Waals surface area (Å²) in [6.07, 6.45) is 3.53. The molecule has 0 radical (unpaired) electrons. The van der Waals surface area contributed by atoms with Gasteiger partial charge in [-0.1, -0.05) is 37.3 Å². The lowest BCUT2D eigenvalue weighted by Crippen LogP contribution is -2.39. The first-order valence-corrected chi connectivity index (χ1v) is 8.74. The largest absolute Gasteiger partial charge is 0.360 e. The highest BCUT2D eigenvalue weighted by atomic mass is 32.1. The van der Waals surface area contributed by atoms with E-state index >= 15 is 0 Å². The fourth-order valence-corrected chi connectivity index (χ4v) is 3.39. The molecule has 0 aliphatic heterocycles. The first kappa shape index (κ1) is 14.5. The molecule has 110 valence electrons. The molecule has 1 fully saturated rings. The highest BCUT2D eigenvalue weighted by Gasteiger charge is 2.23. The Labute approximate surface area is 135 Å². The normalized spacial score (nSPS) is 15.5. The van der Waals surface area contributed by atoms with Gasteiger partial charge in [-0.15, -0.1) is 11.3 Å². The second kappa shape index (κ2) is 6.58. The van der Waals surface area contributed by atoms with Crippen LogP contribution in [0.1, 0.15) is 41.8 Å². The minimum absolute atomic E-state index is 0.134.